The molecule has 14 heavy (non-hydrogen) atoms. The van der Waals surface area contributed by atoms with Crippen LogP contribution in [0.2, 0.25) is 0 Å². The molecular formula is C10H16N4. The van der Waals surface area contributed by atoms with Crippen LogP contribution in [0.25, 0.3) is 0 Å². The van der Waals surface area contributed by atoms with Gasteiger partial charge in [-0.1, -0.05) is 0 Å². The van der Waals surface area contributed by atoms with Gasteiger partial charge in [0.25, 0.3) is 0 Å². The van der Waals surface area contributed by atoms with Crippen molar-refractivity contribution in [1.29, 1.82) is 10.5 Å². The van der Waals surface area contributed by atoms with E-state index in [9.17, 15) is 0 Å². The average molecular weight is 192 g/mol. The number of hydrogen-bond donors (Lipinski definition) is 0. The predicted molar refractivity (Wildman–Crippen MR) is 53.3 cm³/mol. The van der Waals surface area contributed by atoms with Crippen molar-refractivity contribution in [1.82, 2.24) is 9.80 Å². The van der Waals surface area contributed by atoms with Gasteiger partial charge in [-0.05, 0) is 13.8 Å². The fraction of sp³-hybridized carbons (Fsp3) is 0.800. The first-order valence-corrected chi connectivity index (χ1v) is 4.96. The van der Waals surface area contributed by atoms with Gasteiger partial charge in [0.1, 0.15) is 0 Å². The summed E-state index contributed by atoms with van der Waals surface area (Å²) in [7, 11) is 0. The van der Waals surface area contributed by atoms with Gasteiger partial charge in [-0.3, -0.25) is 9.80 Å². The number of rotatable bonds is 2. The maximum atomic E-state index is 8.75. The Balaban J connectivity index is 2.40. The molecule has 4 heteroatoms. The van der Waals surface area contributed by atoms with Crippen LogP contribution in [0.3, 0.4) is 0 Å². The maximum Gasteiger partial charge on any atom is 0.0950 e. The standard InChI is InChI=1S/C10H16N4/c1-9(7-11)13-3-5-14(6-4-13)10(2)8-12/h9-10H,3-6H2,1-2H3. The van der Waals surface area contributed by atoms with Gasteiger partial charge in [0.15, 0.2) is 0 Å². The molecule has 2 unspecified atom stereocenters. The van der Waals surface area contributed by atoms with Crippen molar-refractivity contribution in [3.8, 4) is 12.1 Å². The van der Waals surface area contributed by atoms with E-state index in [2.05, 4.69) is 21.9 Å². The van der Waals surface area contributed by atoms with Gasteiger partial charge in [-0.15, -0.1) is 0 Å². The summed E-state index contributed by atoms with van der Waals surface area (Å²) in [6.07, 6.45) is 0. The molecule has 0 spiro atoms. The van der Waals surface area contributed by atoms with E-state index in [-0.39, 0.29) is 12.1 Å². The third-order valence-electron chi connectivity index (χ3n) is 2.82. The van der Waals surface area contributed by atoms with Crippen LogP contribution >= 0.6 is 0 Å². The highest BCUT2D eigenvalue weighted by molar-refractivity contribution is 4.94. The zero-order valence-corrected chi connectivity index (χ0v) is 8.77. The Hall–Kier alpha value is -1.10. The minimum Gasteiger partial charge on any atom is -0.286 e. The lowest BCUT2D eigenvalue weighted by atomic mass is 10.2. The largest absolute Gasteiger partial charge is 0.286 e. The van der Waals surface area contributed by atoms with E-state index in [0.29, 0.717) is 0 Å². The van der Waals surface area contributed by atoms with Crippen molar-refractivity contribution in [3.63, 3.8) is 0 Å². The minimum absolute atomic E-state index is 0.00505. The van der Waals surface area contributed by atoms with Crippen LogP contribution in [0.1, 0.15) is 13.8 Å². The molecule has 1 heterocycles. The molecule has 76 valence electrons. The van der Waals surface area contributed by atoms with Gasteiger partial charge < -0.3 is 0 Å². The third-order valence-corrected chi connectivity index (χ3v) is 2.82. The molecular weight excluding hydrogens is 176 g/mol. The summed E-state index contributed by atoms with van der Waals surface area (Å²) in [5, 5.41) is 17.5. The molecule has 0 saturated carbocycles. The van der Waals surface area contributed by atoms with Crippen LogP contribution in [0.15, 0.2) is 0 Å². The fourth-order valence-corrected chi connectivity index (χ4v) is 1.68. The van der Waals surface area contributed by atoms with Gasteiger partial charge in [0.2, 0.25) is 0 Å². The highest BCUT2D eigenvalue weighted by Crippen LogP contribution is 2.08. The van der Waals surface area contributed by atoms with Crippen molar-refractivity contribution in [3.05, 3.63) is 0 Å². The zero-order chi connectivity index (χ0) is 10.6. The van der Waals surface area contributed by atoms with Crippen LogP contribution in [-0.4, -0.2) is 48.1 Å². The SMILES string of the molecule is CC(C#N)N1CCN(C(C)C#N)CC1. The first-order chi connectivity index (χ1) is 6.69. The van der Waals surface area contributed by atoms with Gasteiger partial charge >= 0.3 is 0 Å². The smallest absolute Gasteiger partial charge is 0.0950 e. The maximum absolute atomic E-state index is 8.75. The molecule has 0 radical (unpaired) electrons. The molecule has 0 aromatic heterocycles. The van der Waals surface area contributed by atoms with Crippen molar-refractivity contribution >= 4 is 0 Å². The Morgan fingerprint density at radius 2 is 1.14 bits per heavy atom. The lowest BCUT2D eigenvalue weighted by Gasteiger charge is -2.36. The normalized spacial score (nSPS) is 23.4. The van der Waals surface area contributed by atoms with Crippen LogP contribution < -0.4 is 0 Å². The first-order valence-electron chi connectivity index (χ1n) is 4.96. The Labute approximate surface area is 85.3 Å². The molecule has 0 amide bonds. The fourth-order valence-electron chi connectivity index (χ4n) is 1.68. The van der Waals surface area contributed by atoms with Crippen LogP contribution in [0, 0.1) is 22.7 Å². The van der Waals surface area contributed by atoms with Crippen molar-refractivity contribution in [2.75, 3.05) is 26.2 Å². The van der Waals surface area contributed by atoms with Crippen LogP contribution in [-0.2, 0) is 0 Å². The van der Waals surface area contributed by atoms with Crippen molar-refractivity contribution in [2.45, 2.75) is 25.9 Å². The summed E-state index contributed by atoms with van der Waals surface area (Å²) in [6.45, 7) is 7.40. The summed E-state index contributed by atoms with van der Waals surface area (Å²) >= 11 is 0. The van der Waals surface area contributed by atoms with E-state index in [0.717, 1.165) is 26.2 Å². The molecule has 1 rings (SSSR count). The number of nitrogens with zero attached hydrogens (tertiary/aromatic N) is 4. The average Bonchev–Trinajstić information content (AvgIpc) is 2.27. The lowest BCUT2D eigenvalue weighted by molar-refractivity contribution is 0.107. The van der Waals surface area contributed by atoms with Crippen LogP contribution in [0.5, 0.6) is 0 Å². The molecule has 0 aliphatic carbocycles. The predicted octanol–water partition coefficient (Wildman–Crippen LogP) is 0.428. The molecule has 2 atom stereocenters. The molecule has 1 aliphatic rings. The van der Waals surface area contributed by atoms with E-state index < -0.39 is 0 Å². The Bertz CT molecular complexity index is 226. The van der Waals surface area contributed by atoms with Gasteiger partial charge in [-0.2, -0.15) is 10.5 Å². The van der Waals surface area contributed by atoms with Crippen molar-refractivity contribution in [2.24, 2.45) is 0 Å². The highest BCUT2D eigenvalue weighted by atomic mass is 15.3. The molecule has 0 aromatic rings. The van der Waals surface area contributed by atoms with E-state index >= 15 is 0 Å². The van der Waals surface area contributed by atoms with Gasteiger partial charge in [0.05, 0.1) is 24.2 Å². The summed E-state index contributed by atoms with van der Waals surface area (Å²) in [4.78, 5) is 4.31. The molecule has 4 nitrogen and oxygen atoms in total. The Morgan fingerprint density at radius 3 is 1.36 bits per heavy atom. The summed E-state index contributed by atoms with van der Waals surface area (Å²) in [5.74, 6) is 0. The summed E-state index contributed by atoms with van der Waals surface area (Å²) in [5.41, 5.74) is 0. The van der Waals surface area contributed by atoms with E-state index in [1.807, 2.05) is 13.8 Å². The second-order valence-corrected chi connectivity index (χ2v) is 3.68. The number of nitriles is 2. The second-order valence-electron chi connectivity index (χ2n) is 3.68. The summed E-state index contributed by atoms with van der Waals surface area (Å²) in [6, 6.07) is 4.46. The Morgan fingerprint density at radius 1 is 0.857 bits per heavy atom. The van der Waals surface area contributed by atoms with Gasteiger partial charge in [0, 0.05) is 26.2 Å². The number of piperazine rings is 1. The quantitative estimate of drug-likeness (QED) is 0.636. The molecule has 0 N–H and O–H groups in total. The molecule has 0 aromatic carbocycles. The van der Waals surface area contributed by atoms with Crippen molar-refractivity contribution < 1.29 is 0 Å². The first kappa shape index (κ1) is 11.0. The third kappa shape index (κ3) is 2.45. The zero-order valence-electron chi connectivity index (χ0n) is 8.77. The Kier molecular flexibility index (Phi) is 3.88. The van der Waals surface area contributed by atoms with Crippen LogP contribution in [0.4, 0.5) is 0 Å². The monoisotopic (exact) mass is 192 g/mol. The lowest BCUT2D eigenvalue weighted by Crippen LogP contribution is -2.51. The van der Waals surface area contributed by atoms with Gasteiger partial charge in [-0.25, -0.2) is 0 Å². The number of hydrogen-bond acceptors (Lipinski definition) is 4. The topological polar surface area (TPSA) is 54.1 Å². The molecule has 1 saturated heterocycles. The van der Waals surface area contributed by atoms with E-state index in [1.54, 1.807) is 0 Å². The highest BCUT2D eigenvalue weighted by Gasteiger charge is 2.23. The minimum atomic E-state index is -0.00505. The van der Waals surface area contributed by atoms with E-state index in [1.165, 1.54) is 0 Å². The summed E-state index contributed by atoms with van der Waals surface area (Å²) < 4.78 is 0. The molecule has 0 bridgehead atoms. The second kappa shape index (κ2) is 4.95. The molecule has 1 aliphatic heterocycles. The van der Waals surface area contributed by atoms with E-state index in [4.69, 9.17) is 10.5 Å². The molecule has 1 fully saturated rings.